The summed E-state index contributed by atoms with van der Waals surface area (Å²) in [5.41, 5.74) is 0.881. The zero-order chi connectivity index (χ0) is 13.9. The van der Waals surface area contributed by atoms with Gasteiger partial charge in [-0.25, -0.2) is 4.98 Å². The molecule has 1 aromatic heterocycles. The second-order valence-electron chi connectivity index (χ2n) is 5.79. The zero-order valence-corrected chi connectivity index (χ0v) is 12.7. The van der Waals surface area contributed by atoms with Gasteiger partial charge in [0, 0.05) is 31.2 Å². The van der Waals surface area contributed by atoms with Crippen molar-refractivity contribution >= 4 is 11.6 Å². The normalized spacial score (nSPS) is 18.6. The molecule has 2 aliphatic carbocycles. The number of halogens is 1. The van der Waals surface area contributed by atoms with Crippen LogP contribution in [0.3, 0.4) is 0 Å². The summed E-state index contributed by atoms with van der Waals surface area (Å²) in [6.07, 6.45) is 5.18. The molecular weight excluding hydrogens is 274 g/mol. The molecule has 2 fully saturated rings. The molecule has 0 aliphatic heterocycles. The van der Waals surface area contributed by atoms with Gasteiger partial charge in [0.2, 0.25) is 5.88 Å². The van der Waals surface area contributed by atoms with Crippen LogP contribution in [0.1, 0.15) is 31.4 Å². The first kappa shape index (κ1) is 14.1. The Labute approximate surface area is 125 Å². The lowest BCUT2D eigenvalue weighted by molar-refractivity contribution is 0.226. The molecule has 0 aromatic carbocycles. The van der Waals surface area contributed by atoms with E-state index in [1.54, 1.807) is 0 Å². The van der Waals surface area contributed by atoms with Crippen molar-refractivity contribution in [1.29, 1.82) is 0 Å². The van der Waals surface area contributed by atoms with E-state index in [1.165, 1.54) is 25.7 Å². The molecule has 4 nitrogen and oxygen atoms in total. The summed E-state index contributed by atoms with van der Waals surface area (Å²) in [4.78, 5) is 6.85. The third kappa shape index (κ3) is 4.08. The summed E-state index contributed by atoms with van der Waals surface area (Å²) in [6.45, 7) is 2.35. The van der Waals surface area contributed by atoms with Gasteiger partial charge in [-0.2, -0.15) is 0 Å². The maximum absolute atomic E-state index is 6.17. The molecule has 2 saturated carbocycles. The van der Waals surface area contributed by atoms with E-state index in [9.17, 15) is 0 Å². The Morgan fingerprint density at radius 3 is 2.85 bits per heavy atom. The monoisotopic (exact) mass is 295 g/mol. The van der Waals surface area contributed by atoms with Gasteiger partial charge in [-0.15, -0.1) is 0 Å². The summed E-state index contributed by atoms with van der Waals surface area (Å²) >= 11 is 6.17. The quantitative estimate of drug-likeness (QED) is 0.799. The van der Waals surface area contributed by atoms with Crippen LogP contribution < -0.4 is 10.1 Å². The maximum atomic E-state index is 6.17. The molecule has 0 unspecified atom stereocenters. The van der Waals surface area contributed by atoms with Crippen molar-refractivity contribution in [2.45, 2.75) is 44.3 Å². The van der Waals surface area contributed by atoms with Gasteiger partial charge in [0.15, 0.2) is 0 Å². The molecule has 1 N–H and O–H groups in total. The first-order chi connectivity index (χ1) is 9.72. The Balaban J connectivity index is 1.48. The molecule has 0 atom stereocenters. The predicted molar refractivity (Wildman–Crippen MR) is 80.3 cm³/mol. The smallest absolute Gasteiger partial charge is 0.213 e. The summed E-state index contributed by atoms with van der Waals surface area (Å²) in [5, 5.41) is 4.14. The van der Waals surface area contributed by atoms with E-state index in [0.29, 0.717) is 23.6 Å². The van der Waals surface area contributed by atoms with Crippen molar-refractivity contribution < 1.29 is 4.74 Å². The Morgan fingerprint density at radius 2 is 2.15 bits per heavy atom. The Kier molecular flexibility index (Phi) is 4.44. The SMILES string of the molecule is CN(CCOc1ccc(Cl)c(CNC2CC2)n1)C1CC1. The van der Waals surface area contributed by atoms with Crippen LogP contribution in [-0.2, 0) is 6.54 Å². The number of hydrogen-bond donors (Lipinski definition) is 1. The van der Waals surface area contributed by atoms with Crippen LogP contribution >= 0.6 is 11.6 Å². The minimum atomic E-state index is 0.657. The molecule has 1 heterocycles. The van der Waals surface area contributed by atoms with Gasteiger partial charge in [0.05, 0.1) is 10.7 Å². The number of pyridine rings is 1. The maximum Gasteiger partial charge on any atom is 0.213 e. The molecule has 1 aromatic rings. The summed E-state index contributed by atoms with van der Waals surface area (Å²) in [6, 6.07) is 5.15. The number of ether oxygens (including phenoxy) is 1. The fourth-order valence-electron chi connectivity index (χ4n) is 2.19. The number of hydrogen-bond acceptors (Lipinski definition) is 4. The van der Waals surface area contributed by atoms with Crippen LogP contribution in [0, 0.1) is 0 Å². The van der Waals surface area contributed by atoms with Crippen LogP contribution in [0.2, 0.25) is 5.02 Å². The van der Waals surface area contributed by atoms with Gasteiger partial charge < -0.3 is 15.0 Å². The lowest BCUT2D eigenvalue weighted by Gasteiger charge is -2.16. The molecular formula is C15H22ClN3O. The van der Waals surface area contributed by atoms with E-state index in [1.807, 2.05) is 12.1 Å². The van der Waals surface area contributed by atoms with Crippen LogP contribution in [0.15, 0.2) is 12.1 Å². The number of nitrogens with one attached hydrogen (secondary N) is 1. The fraction of sp³-hybridized carbons (Fsp3) is 0.667. The number of aromatic nitrogens is 1. The highest BCUT2D eigenvalue weighted by Crippen LogP contribution is 2.25. The van der Waals surface area contributed by atoms with Gasteiger partial charge in [-0.3, -0.25) is 0 Å². The highest BCUT2D eigenvalue weighted by atomic mass is 35.5. The second-order valence-corrected chi connectivity index (χ2v) is 6.20. The summed E-state index contributed by atoms with van der Waals surface area (Å²) in [7, 11) is 2.15. The van der Waals surface area contributed by atoms with Gasteiger partial charge in [-0.1, -0.05) is 11.6 Å². The van der Waals surface area contributed by atoms with Crippen LogP contribution in [0.5, 0.6) is 5.88 Å². The van der Waals surface area contributed by atoms with Crippen molar-refractivity contribution in [2.24, 2.45) is 0 Å². The molecule has 0 radical (unpaired) electrons. The lowest BCUT2D eigenvalue weighted by Crippen LogP contribution is -2.26. The second kappa shape index (κ2) is 6.29. The molecule has 0 spiro atoms. The highest BCUT2D eigenvalue weighted by Gasteiger charge is 2.25. The average Bonchev–Trinajstić information content (AvgIpc) is 3.30. The van der Waals surface area contributed by atoms with Crippen LogP contribution in [0.4, 0.5) is 0 Å². The van der Waals surface area contributed by atoms with E-state index in [-0.39, 0.29) is 0 Å². The highest BCUT2D eigenvalue weighted by molar-refractivity contribution is 6.31. The molecule has 20 heavy (non-hydrogen) atoms. The Bertz CT molecular complexity index is 460. The van der Waals surface area contributed by atoms with Crippen LogP contribution in [-0.4, -0.2) is 42.2 Å². The average molecular weight is 296 g/mol. The third-order valence-corrected chi connectivity index (χ3v) is 4.24. The van der Waals surface area contributed by atoms with Crippen molar-refractivity contribution in [3.8, 4) is 5.88 Å². The van der Waals surface area contributed by atoms with E-state index >= 15 is 0 Å². The molecule has 2 aliphatic rings. The molecule has 110 valence electrons. The zero-order valence-electron chi connectivity index (χ0n) is 11.9. The van der Waals surface area contributed by atoms with E-state index in [0.717, 1.165) is 24.8 Å². The van der Waals surface area contributed by atoms with E-state index in [4.69, 9.17) is 16.3 Å². The largest absolute Gasteiger partial charge is 0.476 e. The lowest BCUT2D eigenvalue weighted by atomic mass is 10.3. The minimum absolute atomic E-state index is 0.657. The molecule has 3 rings (SSSR count). The molecule has 0 amide bonds. The molecule has 5 heteroatoms. The number of nitrogens with zero attached hydrogens (tertiary/aromatic N) is 2. The van der Waals surface area contributed by atoms with Gasteiger partial charge in [0.1, 0.15) is 6.61 Å². The van der Waals surface area contributed by atoms with E-state index < -0.39 is 0 Å². The van der Waals surface area contributed by atoms with Crippen LogP contribution in [0.25, 0.3) is 0 Å². The van der Waals surface area contributed by atoms with Crippen molar-refractivity contribution in [3.63, 3.8) is 0 Å². The minimum Gasteiger partial charge on any atom is -0.476 e. The Hall–Kier alpha value is -0.840. The van der Waals surface area contributed by atoms with Crippen molar-refractivity contribution in [1.82, 2.24) is 15.2 Å². The standard InChI is InChI=1S/C15H22ClN3O/c1-19(12-4-5-12)8-9-20-15-7-6-13(16)14(18-15)10-17-11-2-3-11/h6-7,11-12,17H,2-5,8-10H2,1H3. The fourth-order valence-corrected chi connectivity index (χ4v) is 2.36. The topological polar surface area (TPSA) is 37.4 Å². The predicted octanol–water partition coefficient (Wildman–Crippen LogP) is 2.46. The van der Waals surface area contributed by atoms with Gasteiger partial charge in [-0.05, 0) is 38.8 Å². The van der Waals surface area contributed by atoms with E-state index in [2.05, 4.69) is 22.2 Å². The first-order valence-corrected chi connectivity index (χ1v) is 7.82. The molecule has 0 bridgehead atoms. The third-order valence-electron chi connectivity index (χ3n) is 3.89. The number of rotatable bonds is 8. The summed E-state index contributed by atoms with van der Waals surface area (Å²) in [5.74, 6) is 0.672. The number of likely N-dealkylation sites (N-methyl/N-ethyl adjacent to an activating group) is 1. The van der Waals surface area contributed by atoms with Gasteiger partial charge in [0.25, 0.3) is 0 Å². The van der Waals surface area contributed by atoms with Crippen molar-refractivity contribution in [2.75, 3.05) is 20.2 Å². The molecule has 0 saturated heterocycles. The summed E-state index contributed by atoms with van der Waals surface area (Å²) < 4.78 is 5.73. The Morgan fingerprint density at radius 1 is 1.35 bits per heavy atom. The van der Waals surface area contributed by atoms with Gasteiger partial charge >= 0.3 is 0 Å². The van der Waals surface area contributed by atoms with Crippen molar-refractivity contribution in [3.05, 3.63) is 22.8 Å². The first-order valence-electron chi connectivity index (χ1n) is 7.44.